The van der Waals surface area contributed by atoms with Crippen LogP contribution in [0.4, 0.5) is 0 Å². The molecule has 30 heavy (non-hydrogen) atoms. The molecule has 0 unspecified atom stereocenters. The molecule has 0 saturated carbocycles. The Hall–Kier alpha value is -2.93. The van der Waals surface area contributed by atoms with Crippen molar-refractivity contribution in [1.82, 2.24) is 24.8 Å². The van der Waals surface area contributed by atoms with E-state index in [0.29, 0.717) is 35.3 Å². The first-order chi connectivity index (χ1) is 14.4. The Bertz CT molecular complexity index is 1150. The third-order valence-electron chi connectivity index (χ3n) is 4.70. The zero-order valence-electron chi connectivity index (χ0n) is 15.8. The van der Waals surface area contributed by atoms with Gasteiger partial charge in [-0.05, 0) is 25.0 Å². The number of fused-ring (bicyclic) bond motifs is 1. The lowest BCUT2D eigenvalue weighted by Crippen LogP contribution is -2.23. The van der Waals surface area contributed by atoms with Gasteiger partial charge >= 0.3 is 10.3 Å². The predicted molar refractivity (Wildman–Crippen MR) is 105 cm³/mol. The summed E-state index contributed by atoms with van der Waals surface area (Å²) in [7, 11) is -4.01. The van der Waals surface area contributed by atoms with Crippen molar-refractivity contribution in [2.24, 2.45) is 5.14 Å². The highest BCUT2D eigenvalue weighted by molar-refractivity contribution is 7.84. The van der Waals surface area contributed by atoms with E-state index in [0.717, 1.165) is 0 Å². The fourth-order valence-electron chi connectivity index (χ4n) is 3.28. The first-order valence-electron chi connectivity index (χ1n) is 9.23. The molecule has 0 spiro atoms. The molecule has 2 atom stereocenters. The third kappa shape index (κ3) is 4.62. The average Bonchev–Trinajstić information content (AvgIpc) is 3.37. The first-order valence-corrected chi connectivity index (χ1v) is 10.7. The molecule has 3 N–H and O–H groups in total. The highest BCUT2D eigenvalue weighted by Gasteiger charge is 2.29. The smallest absolute Gasteiger partial charge is 0.333 e. The van der Waals surface area contributed by atoms with Crippen molar-refractivity contribution in [3.63, 3.8) is 0 Å². The standard InChI is InChI=1S/C18H20N6O5S/c19-30(26,27)28-9-13-6-7-15(29-13)24-11-23-16-14(21-10-22-17(16)24)8-20-18(25)12-4-2-1-3-5-12/h1-5,10-11,13,15H,6-9H2,(H,20,25)(H2,19,26,27)/t13-,15+/m0/s1. The van der Waals surface area contributed by atoms with E-state index in [1.807, 2.05) is 6.07 Å². The SMILES string of the molecule is NS(=O)(=O)OC[C@@H]1CC[C@H](n2cnc3c(CNC(=O)c4ccccc4)ncnc32)O1. The minimum atomic E-state index is -4.01. The van der Waals surface area contributed by atoms with Crippen LogP contribution in [0.2, 0.25) is 0 Å². The summed E-state index contributed by atoms with van der Waals surface area (Å²) in [5.74, 6) is -0.210. The Morgan fingerprint density at radius 3 is 2.80 bits per heavy atom. The summed E-state index contributed by atoms with van der Waals surface area (Å²) < 4.78 is 34.1. The molecule has 4 rings (SSSR count). The molecular weight excluding hydrogens is 412 g/mol. The van der Waals surface area contributed by atoms with Crippen LogP contribution in [-0.4, -0.2) is 46.6 Å². The normalized spacial score (nSPS) is 19.2. The molecule has 3 aromatic rings. The van der Waals surface area contributed by atoms with Gasteiger partial charge in [-0.25, -0.2) is 20.1 Å². The zero-order chi connectivity index (χ0) is 21.1. The second-order valence-corrected chi connectivity index (χ2v) is 7.98. The Kier molecular flexibility index (Phi) is 5.72. The largest absolute Gasteiger partial charge is 0.352 e. The summed E-state index contributed by atoms with van der Waals surface area (Å²) in [6.45, 7) is 0.0494. The zero-order valence-corrected chi connectivity index (χ0v) is 16.7. The number of carbonyl (C=O) groups is 1. The lowest BCUT2D eigenvalue weighted by atomic mass is 10.2. The predicted octanol–water partition coefficient (Wildman–Crippen LogP) is 0.654. The van der Waals surface area contributed by atoms with Crippen LogP contribution in [-0.2, 0) is 25.8 Å². The van der Waals surface area contributed by atoms with Gasteiger partial charge in [0.2, 0.25) is 0 Å². The van der Waals surface area contributed by atoms with Crippen molar-refractivity contribution in [3.05, 3.63) is 54.2 Å². The number of hydrogen-bond acceptors (Lipinski definition) is 8. The summed E-state index contributed by atoms with van der Waals surface area (Å²) in [5, 5.41) is 7.68. The van der Waals surface area contributed by atoms with Crippen LogP contribution in [0.25, 0.3) is 11.2 Å². The number of rotatable bonds is 7. The number of ether oxygens (including phenoxy) is 1. The number of amides is 1. The first kappa shape index (κ1) is 20.3. The fraction of sp³-hybridized carbons (Fsp3) is 0.333. The number of carbonyl (C=O) groups excluding carboxylic acids is 1. The molecule has 0 radical (unpaired) electrons. The molecule has 1 aliphatic heterocycles. The van der Waals surface area contributed by atoms with E-state index in [4.69, 9.17) is 9.88 Å². The van der Waals surface area contributed by atoms with Crippen molar-refractivity contribution in [2.75, 3.05) is 6.61 Å². The van der Waals surface area contributed by atoms with E-state index >= 15 is 0 Å². The number of benzene rings is 1. The van der Waals surface area contributed by atoms with E-state index in [1.54, 1.807) is 35.2 Å². The fourth-order valence-corrected chi connectivity index (χ4v) is 3.62. The Morgan fingerprint density at radius 2 is 2.03 bits per heavy atom. The maximum atomic E-state index is 12.3. The number of nitrogens with zero attached hydrogens (tertiary/aromatic N) is 4. The van der Waals surface area contributed by atoms with Crippen molar-refractivity contribution in [1.29, 1.82) is 0 Å². The van der Waals surface area contributed by atoms with Gasteiger partial charge in [0.05, 0.1) is 31.3 Å². The van der Waals surface area contributed by atoms with Crippen LogP contribution in [0.15, 0.2) is 43.0 Å². The minimum Gasteiger partial charge on any atom is -0.352 e. The minimum absolute atomic E-state index is 0.145. The maximum absolute atomic E-state index is 12.3. The van der Waals surface area contributed by atoms with Crippen molar-refractivity contribution in [2.45, 2.75) is 31.7 Å². The van der Waals surface area contributed by atoms with Crippen molar-refractivity contribution >= 4 is 27.4 Å². The molecule has 3 heterocycles. The number of nitrogens with one attached hydrogen (secondary N) is 1. The Balaban J connectivity index is 1.45. The summed E-state index contributed by atoms with van der Waals surface area (Å²) in [6.07, 6.45) is 3.46. The van der Waals surface area contributed by atoms with E-state index < -0.39 is 16.4 Å². The molecule has 158 valence electrons. The lowest BCUT2D eigenvalue weighted by molar-refractivity contribution is -0.0149. The highest BCUT2D eigenvalue weighted by atomic mass is 32.2. The van der Waals surface area contributed by atoms with Gasteiger partial charge in [0, 0.05) is 5.56 Å². The van der Waals surface area contributed by atoms with Crippen LogP contribution in [0.1, 0.15) is 35.1 Å². The number of aromatic nitrogens is 4. The van der Waals surface area contributed by atoms with Crippen molar-refractivity contribution in [3.8, 4) is 0 Å². The second kappa shape index (κ2) is 8.44. The highest BCUT2D eigenvalue weighted by Crippen LogP contribution is 2.30. The maximum Gasteiger partial charge on any atom is 0.333 e. The number of hydrogen-bond donors (Lipinski definition) is 2. The average molecular weight is 432 g/mol. The molecule has 2 aromatic heterocycles. The number of imidazole rings is 1. The van der Waals surface area contributed by atoms with Gasteiger partial charge in [0.1, 0.15) is 18.1 Å². The summed E-state index contributed by atoms with van der Waals surface area (Å²) in [5.41, 5.74) is 2.25. The van der Waals surface area contributed by atoms with Gasteiger partial charge < -0.3 is 10.1 Å². The topological polar surface area (TPSA) is 151 Å². The second-order valence-electron chi connectivity index (χ2n) is 6.76. The van der Waals surface area contributed by atoms with E-state index in [2.05, 4.69) is 24.5 Å². The summed E-state index contributed by atoms with van der Waals surface area (Å²) in [4.78, 5) is 25.2. The van der Waals surface area contributed by atoms with Crippen LogP contribution in [0.5, 0.6) is 0 Å². The van der Waals surface area contributed by atoms with Crippen molar-refractivity contribution < 1.29 is 22.1 Å². The van der Waals surface area contributed by atoms with Crippen LogP contribution >= 0.6 is 0 Å². The van der Waals surface area contributed by atoms with Gasteiger partial charge in [0.25, 0.3) is 5.91 Å². The van der Waals surface area contributed by atoms with Crippen LogP contribution in [0.3, 0.4) is 0 Å². The molecule has 1 fully saturated rings. The van der Waals surface area contributed by atoms with E-state index in [-0.39, 0.29) is 25.3 Å². The number of nitrogens with two attached hydrogens (primary N) is 1. The molecule has 1 saturated heterocycles. The van der Waals surface area contributed by atoms with Crippen LogP contribution in [0, 0.1) is 0 Å². The molecule has 1 aliphatic rings. The molecule has 11 nitrogen and oxygen atoms in total. The van der Waals surface area contributed by atoms with Gasteiger partial charge in [-0.1, -0.05) is 18.2 Å². The van der Waals surface area contributed by atoms with Gasteiger partial charge in [-0.3, -0.25) is 13.5 Å². The molecule has 12 heteroatoms. The molecule has 1 amide bonds. The quantitative estimate of drug-likeness (QED) is 0.552. The van der Waals surface area contributed by atoms with Gasteiger partial charge in [0.15, 0.2) is 5.65 Å². The molecule has 1 aromatic carbocycles. The van der Waals surface area contributed by atoms with Gasteiger partial charge in [-0.2, -0.15) is 8.42 Å². The lowest BCUT2D eigenvalue weighted by Gasteiger charge is -2.15. The van der Waals surface area contributed by atoms with E-state index in [1.165, 1.54) is 6.33 Å². The summed E-state index contributed by atoms with van der Waals surface area (Å²) in [6, 6.07) is 8.89. The Morgan fingerprint density at radius 1 is 1.23 bits per heavy atom. The molecular formula is C18H20N6O5S. The Labute approximate surface area is 172 Å². The third-order valence-corrected chi connectivity index (χ3v) is 5.17. The van der Waals surface area contributed by atoms with Crippen LogP contribution < -0.4 is 10.5 Å². The van der Waals surface area contributed by atoms with Gasteiger partial charge in [-0.15, -0.1) is 0 Å². The molecule has 0 bridgehead atoms. The molecule has 0 aliphatic carbocycles. The monoisotopic (exact) mass is 432 g/mol. The van der Waals surface area contributed by atoms with E-state index in [9.17, 15) is 13.2 Å². The summed E-state index contributed by atoms with van der Waals surface area (Å²) >= 11 is 0.